The molecule has 2 aromatic heterocycles. The van der Waals surface area contributed by atoms with E-state index < -0.39 is 17.7 Å². The van der Waals surface area contributed by atoms with Gasteiger partial charge in [0.1, 0.15) is 9.71 Å². The number of thiophene rings is 1. The lowest BCUT2D eigenvalue weighted by atomic mass is 10.1. The fourth-order valence-corrected chi connectivity index (χ4v) is 3.38. The van der Waals surface area contributed by atoms with E-state index in [0.29, 0.717) is 5.56 Å². The van der Waals surface area contributed by atoms with Gasteiger partial charge in [0.25, 0.3) is 0 Å². The number of hydrogen-bond donors (Lipinski definition) is 1. The Bertz CT molecular complexity index is 965. The summed E-state index contributed by atoms with van der Waals surface area (Å²) in [4.78, 5) is 16.0. The molecule has 0 saturated heterocycles. The standard InChI is InChI=1S/C17H11F3N2O2S/c1-2-24-16(23)14-13(21)12-10(17(18,19)20)8-11(22-15(12)25-14)9-6-4-3-5-7-9/h2-8H,1,21H2. The summed E-state index contributed by atoms with van der Waals surface area (Å²) in [5.41, 5.74) is 5.22. The molecule has 4 nitrogen and oxygen atoms in total. The third-order valence-corrected chi connectivity index (χ3v) is 4.53. The van der Waals surface area contributed by atoms with Crippen LogP contribution in [0.1, 0.15) is 15.2 Å². The molecule has 8 heteroatoms. The van der Waals surface area contributed by atoms with E-state index in [2.05, 4.69) is 16.3 Å². The fourth-order valence-electron chi connectivity index (χ4n) is 2.38. The third kappa shape index (κ3) is 3.08. The van der Waals surface area contributed by atoms with Gasteiger partial charge in [0.05, 0.1) is 23.2 Å². The van der Waals surface area contributed by atoms with Gasteiger partial charge in [-0.1, -0.05) is 36.9 Å². The summed E-state index contributed by atoms with van der Waals surface area (Å²) in [5, 5.41) is -0.298. The molecule has 0 radical (unpaired) electrons. The van der Waals surface area contributed by atoms with E-state index in [1.54, 1.807) is 30.3 Å². The van der Waals surface area contributed by atoms with Crippen molar-refractivity contribution < 1.29 is 22.7 Å². The van der Waals surface area contributed by atoms with Gasteiger partial charge in [-0.2, -0.15) is 13.2 Å². The molecule has 0 amide bonds. The van der Waals surface area contributed by atoms with Gasteiger partial charge in [0, 0.05) is 10.9 Å². The summed E-state index contributed by atoms with van der Waals surface area (Å²) in [6, 6.07) is 9.38. The van der Waals surface area contributed by atoms with Gasteiger partial charge < -0.3 is 10.5 Å². The molecule has 0 spiro atoms. The number of rotatable bonds is 3. The van der Waals surface area contributed by atoms with Gasteiger partial charge in [-0.05, 0) is 6.07 Å². The lowest BCUT2D eigenvalue weighted by Crippen LogP contribution is -2.08. The van der Waals surface area contributed by atoms with Crippen molar-refractivity contribution in [3.63, 3.8) is 0 Å². The van der Waals surface area contributed by atoms with Crippen molar-refractivity contribution in [3.05, 3.63) is 59.7 Å². The first-order valence-corrected chi connectivity index (χ1v) is 7.82. The smallest absolute Gasteiger partial charge is 0.417 e. The molecular formula is C17H11F3N2O2S. The number of ether oxygens (including phenoxy) is 1. The summed E-state index contributed by atoms with van der Waals surface area (Å²) in [7, 11) is 0. The Balaban J connectivity index is 2.31. The molecule has 128 valence electrons. The van der Waals surface area contributed by atoms with Crippen LogP contribution in [-0.2, 0) is 10.9 Å². The van der Waals surface area contributed by atoms with Crippen LogP contribution in [0.3, 0.4) is 0 Å². The average molecular weight is 364 g/mol. The minimum absolute atomic E-state index is 0.0159. The van der Waals surface area contributed by atoms with Gasteiger partial charge in [0.2, 0.25) is 0 Å². The molecule has 3 rings (SSSR count). The number of fused-ring (bicyclic) bond motifs is 1. The Morgan fingerprint density at radius 1 is 1.28 bits per heavy atom. The number of aromatic nitrogens is 1. The van der Waals surface area contributed by atoms with Crippen molar-refractivity contribution in [2.75, 3.05) is 5.73 Å². The first kappa shape index (κ1) is 17.0. The number of esters is 1. The molecule has 0 aliphatic heterocycles. The van der Waals surface area contributed by atoms with E-state index >= 15 is 0 Å². The Labute approximate surface area is 144 Å². The van der Waals surface area contributed by atoms with E-state index in [4.69, 9.17) is 5.73 Å². The Morgan fingerprint density at radius 3 is 2.56 bits per heavy atom. The fraction of sp³-hybridized carbons (Fsp3) is 0.0588. The number of hydrogen-bond acceptors (Lipinski definition) is 5. The number of nitrogens with zero attached hydrogens (tertiary/aromatic N) is 1. The number of nitrogen functional groups attached to an aromatic ring is 1. The maximum Gasteiger partial charge on any atom is 0.417 e. The highest BCUT2D eigenvalue weighted by Gasteiger charge is 2.36. The Kier molecular flexibility index (Phi) is 4.22. The van der Waals surface area contributed by atoms with Crippen LogP contribution in [0.15, 0.2) is 49.2 Å². The summed E-state index contributed by atoms with van der Waals surface area (Å²) in [6.07, 6.45) is -3.76. The zero-order valence-corrected chi connectivity index (χ0v) is 13.4. The maximum absolute atomic E-state index is 13.5. The Morgan fingerprint density at radius 2 is 1.96 bits per heavy atom. The van der Waals surface area contributed by atoms with Crippen LogP contribution in [0.5, 0.6) is 0 Å². The van der Waals surface area contributed by atoms with Crippen molar-refractivity contribution in [2.24, 2.45) is 0 Å². The normalized spacial score (nSPS) is 11.5. The monoisotopic (exact) mass is 364 g/mol. The van der Waals surface area contributed by atoms with E-state index in [9.17, 15) is 18.0 Å². The molecule has 0 aliphatic rings. The molecule has 2 heterocycles. The summed E-state index contributed by atoms with van der Waals surface area (Å²) in [6.45, 7) is 3.25. The van der Waals surface area contributed by atoms with Crippen LogP contribution < -0.4 is 5.73 Å². The molecule has 3 aromatic rings. The second-order valence-electron chi connectivity index (χ2n) is 5.02. The van der Waals surface area contributed by atoms with Gasteiger partial charge in [0.15, 0.2) is 0 Å². The number of nitrogens with two attached hydrogens (primary N) is 1. The van der Waals surface area contributed by atoms with Crippen LogP contribution in [0.25, 0.3) is 21.5 Å². The van der Waals surface area contributed by atoms with Crippen LogP contribution in [0, 0.1) is 0 Å². The number of carbonyl (C=O) groups excluding carboxylic acids is 1. The number of anilines is 1. The SMILES string of the molecule is C=COC(=O)c1sc2nc(-c3ccccc3)cc(C(F)(F)F)c2c1N. The number of benzene rings is 1. The molecule has 2 N–H and O–H groups in total. The Hall–Kier alpha value is -2.87. The number of carbonyl (C=O) groups is 1. The zero-order chi connectivity index (χ0) is 18.2. The molecule has 0 fully saturated rings. The highest BCUT2D eigenvalue weighted by Crippen LogP contribution is 2.43. The third-order valence-electron chi connectivity index (χ3n) is 3.45. The molecule has 1 aromatic carbocycles. The van der Waals surface area contributed by atoms with Crippen LogP contribution in [0.2, 0.25) is 0 Å². The second-order valence-corrected chi connectivity index (χ2v) is 6.01. The van der Waals surface area contributed by atoms with Crippen molar-refractivity contribution >= 4 is 33.2 Å². The van der Waals surface area contributed by atoms with Crippen LogP contribution in [-0.4, -0.2) is 11.0 Å². The first-order chi connectivity index (χ1) is 11.8. The first-order valence-electron chi connectivity index (χ1n) is 7.00. The topological polar surface area (TPSA) is 65.2 Å². The summed E-state index contributed by atoms with van der Waals surface area (Å²) >= 11 is 0.753. The predicted molar refractivity (Wildman–Crippen MR) is 90.1 cm³/mol. The van der Waals surface area contributed by atoms with E-state index in [1.165, 1.54) is 0 Å². The molecule has 0 aliphatic carbocycles. The van der Waals surface area contributed by atoms with E-state index in [-0.39, 0.29) is 26.5 Å². The summed E-state index contributed by atoms with van der Waals surface area (Å²) in [5.74, 6) is -0.870. The van der Waals surface area contributed by atoms with Crippen LogP contribution >= 0.6 is 11.3 Å². The quantitative estimate of drug-likeness (QED) is 0.532. The molecule has 0 unspecified atom stereocenters. The van der Waals surface area contributed by atoms with Crippen molar-refractivity contribution in [3.8, 4) is 11.3 Å². The van der Waals surface area contributed by atoms with Gasteiger partial charge in [-0.25, -0.2) is 9.78 Å². The molecular weight excluding hydrogens is 353 g/mol. The zero-order valence-electron chi connectivity index (χ0n) is 12.6. The lowest BCUT2D eigenvalue weighted by Gasteiger charge is -2.11. The minimum atomic E-state index is -4.65. The van der Waals surface area contributed by atoms with E-state index in [1.807, 2.05) is 0 Å². The van der Waals surface area contributed by atoms with Crippen molar-refractivity contribution in [2.45, 2.75) is 6.18 Å². The average Bonchev–Trinajstić information content (AvgIpc) is 2.91. The van der Waals surface area contributed by atoms with Gasteiger partial charge in [-0.15, -0.1) is 11.3 Å². The largest absolute Gasteiger partial charge is 0.431 e. The molecule has 25 heavy (non-hydrogen) atoms. The van der Waals surface area contributed by atoms with Crippen LogP contribution in [0.4, 0.5) is 18.9 Å². The number of alkyl halides is 3. The van der Waals surface area contributed by atoms with Gasteiger partial charge in [-0.3, -0.25) is 0 Å². The molecule has 0 atom stereocenters. The molecule has 0 bridgehead atoms. The molecule has 0 saturated carbocycles. The predicted octanol–water partition coefficient (Wildman–Crippen LogP) is 4.86. The number of halogens is 3. The summed E-state index contributed by atoms with van der Waals surface area (Å²) < 4.78 is 45.2. The minimum Gasteiger partial charge on any atom is -0.431 e. The maximum atomic E-state index is 13.5. The number of pyridine rings is 1. The van der Waals surface area contributed by atoms with E-state index in [0.717, 1.165) is 23.7 Å². The van der Waals surface area contributed by atoms with Gasteiger partial charge >= 0.3 is 12.1 Å². The van der Waals surface area contributed by atoms with Crippen molar-refractivity contribution in [1.82, 2.24) is 4.98 Å². The van der Waals surface area contributed by atoms with Crippen molar-refractivity contribution in [1.29, 1.82) is 0 Å². The highest BCUT2D eigenvalue weighted by atomic mass is 32.1. The lowest BCUT2D eigenvalue weighted by molar-refractivity contribution is -0.136. The second kappa shape index (κ2) is 6.21. The highest BCUT2D eigenvalue weighted by molar-refractivity contribution is 7.21.